The van der Waals surface area contributed by atoms with E-state index in [1.165, 1.54) is 45.6 Å². The number of nitrogens with one attached hydrogen (secondary N) is 1. The summed E-state index contributed by atoms with van der Waals surface area (Å²) in [7, 11) is 0. The van der Waals surface area contributed by atoms with Crippen LogP contribution in [0.15, 0.2) is 0 Å². The third kappa shape index (κ3) is 4.97. The molecule has 0 saturated carbocycles. The number of rotatable bonds is 4. The lowest BCUT2D eigenvalue weighted by molar-refractivity contribution is 0.255. The Morgan fingerprint density at radius 3 is 2.93 bits per heavy atom. The van der Waals surface area contributed by atoms with Crippen molar-refractivity contribution in [3.05, 3.63) is 0 Å². The van der Waals surface area contributed by atoms with Gasteiger partial charge in [-0.1, -0.05) is 20.8 Å². The second kappa shape index (κ2) is 6.41. The summed E-state index contributed by atoms with van der Waals surface area (Å²) < 4.78 is 0. The summed E-state index contributed by atoms with van der Waals surface area (Å²) in [5.74, 6) is 1.68. The molecule has 84 valence electrons. The summed E-state index contributed by atoms with van der Waals surface area (Å²) in [6, 6.07) is 0. The molecule has 1 aliphatic rings. The second-order valence-corrected chi connectivity index (χ2v) is 5.15. The van der Waals surface area contributed by atoms with E-state index in [1.54, 1.807) is 0 Å². The highest BCUT2D eigenvalue weighted by atomic mass is 15.2. The summed E-state index contributed by atoms with van der Waals surface area (Å²) in [6.45, 7) is 13.2. The lowest BCUT2D eigenvalue weighted by Gasteiger charge is -2.22. The topological polar surface area (TPSA) is 15.3 Å². The van der Waals surface area contributed by atoms with Gasteiger partial charge in [-0.2, -0.15) is 0 Å². The normalized spacial score (nSPS) is 25.3. The Morgan fingerprint density at radius 2 is 2.21 bits per heavy atom. The van der Waals surface area contributed by atoms with E-state index < -0.39 is 0 Å². The van der Waals surface area contributed by atoms with E-state index in [2.05, 4.69) is 31.0 Å². The van der Waals surface area contributed by atoms with Crippen LogP contribution in [-0.4, -0.2) is 37.6 Å². The summed E-state index contributed by atoms with van der Waals surface area (Å²) in [5, 5.41) is 3.48. The highest BCUT2D eigenvalue weighted by Crippen LogP contribution is 2.07. The fraction of sp³-hybridized carbons (Fsp3) is 1.00. The van der Waals surface area contributed by atoms with Crippen molar-refractivity contribution in [2.75, 3.05) is 32.7 Å². The van der Waals surface area contributed by atoms with Gasteiger partial charge in [0.2, 0.25) is 0 Å². The molecule has 0 aromatic rings. The standard InChI is InChI=1S/C12H26N2/c1-11(2)5-4-7-14-8-6-13-9-12(3)10-14/h11-13H,4-10H2,1-3H3. The molecule has 1 fully saturated rings. The van der Waals surface area contributed by atoms with Crippen molar-refractivity contribution >= 4 is 0 Å². The molecule has 0 aromatic carbocycles. The fourth-order valence-corrected chi connectivity index (χ4v) is 2.11. The van der Waals surface area contributed by atoms with Gasteiger partial charge in [0.05, 0.1) is 0 Å². The average molecular weight is 198 g/mol. The minimum atomic E-state index is 0.816. The van der Waals surface area contributed by atoms with Crippen molar-refractivity contribution in [2.24, 2.45) is 11.8 Å². The van der Waals surface area contributed by atoms with Crippen molar-refractivity contribution in [3.63, 3.8) is 0 Å². The fourth-order valence-electron chi connectivity index (χ4n) is 2.11. The first-order valence-corrected chi connectivity index (χ1v) is 6.11. The smallest absolute Gasteiger partial charge is 0.0107 e. The van der Waals surface area contributed by atoms with Crippen molar-refractivity contribution < 1.29 is 0 Å². The van der Waals surface area contributed by atoms with Gasteiger partial charge in [0.25, 0.3) is 0 Å². The van der Waals surface area contributed by atoms with Crippen LogP contribution < -0.4 is 5.32 Å². The summed E-state index contributed by atoms with van der Waals surface area (Å²) in [5.41, 5.74) is 0. The largest absolute Gasteiger partial charge is 0.315 e. The molecule has 1 unspecified atom stereocenters. The van der Waals surface area contributed by atoms with E-state index in [9.17, 15) is 0 Å². The minimum absolute atomic E-state index is 0.816. The van der Waals surface area contributed by atoms with Crippen LogP contribution in [0.4, 0.5) is 0 Å². The van der Waals surface area contributed by atoms with Crippen LogP contribution in [0, 0.1) is 11.8 Å². The molecule has 0 amide bonds. The molecule has 1 heterocycles. The van der Waals surface area contributed by atoms with Gasteiger partial charge in [-0.05, 0) is 37.8 Å². The zero-order valence-corrected chi connectivity index (χ0v) is 10.1. The van der Waals surface area contributed by atoms with Gasteiger partial charge >= 0.3 is 0 Å². The Labute approximate surface area is 89.1 Å². The van der Waals surface area contributed by atoms with Gasteiger partial charge in [-0.3, -0.25) is 0 Å². The van der Waals surface area contributed by atoms with Gasteiger partial charge in [0.15, 0.2) is 0 Å². The van der Waals surface area contributed by atoms with Crippen LogP contribution >= 0.6 is 0 Å². The first-order valence-electron chi connectivity index (χ1n) is 6.11. The highest BCUT2D eigenvalue weighted by molar-refractivity contribution is 4.70. The van der Waals surface area contributed by atoms with Crippen molar-refractivity contribution in [1.29, 1.82) is 0 Å². The monoisotopic (exact) mass is 198 g/mol. The molecule has 1 atom stereocenters. The first-order chi connectivity index (χ1) is 6.68. The lowest BCUT2D eigenvalue weighted by atomic mass is 10.1. The van der Waals surface area contributed by atoms with Crippen LogP contribution in [0.25, 0.3) is 0 Å². The van der Waals surface area contributed by atoms with E-state index in [0.29, 0.717) is 0 Å². The van der Waals surface area contributed by atoms with Gasteiger partial charge in [-0.25, -0.2) is 0 Å². The first kappa shape index (κ1) is 12.0. The summed E-state index contributed by atoms with van der Waals surface area (Å²) >= 11 is 0. The third-order valence-electron chi connectivity index (χ3n) is 2.92. The predicted molar refractivity (Wildman–Crippen MR) is 62.5 cm³/mol. The summed E-state index contributed by atoms with van der Waals surface area (Å²) in [4.78, 5) is 2.62. The van der Waals surface area contributed by atoms with Gasteiger partial charge in [-0.15, -0.1) is 0 Å². The second-order valence-electron chi connectivity index (χ2n) is 5.15. The zero-order chi connectivity index (χ0) is 10.4. The van der Waals surface area contributed by atoms with Crippen LogP contribution in [0.3, 0.4) is 0 Å². The Balaban J connectivity index is 2.15. The Bertz CT molecular complexity index is 145. The van der Waals surface area contributed by atoms with Gasteiger partial charge in [0, 0.05) is 19.6 Å². The molecule has 0 bridgehead atoms. The van der Waals surface area contributed by atoms with E-state index in [4.69, 9.17) is 0 Å². The van der Waals surface area contributed by atoms with Gasteiger partial charge < -0.3 is 10.2 Å². The van der Waals surface area contributed by atoms with Crippen LogP contribution in [-0.2, 0) is 0 Å². The number of hydrogen-bond donors (Lipinski definition) is 1. The molecule has 1 rings (SSSR count). The molecule has 2 heteroatoms. The number of nitrogens with zero attached hydrogens (tertiary/aromatic N) is 1. The van der Waals surface area contributed by atoms with E-state index in [-0.39, 0.29) is 0 Å². The molecule has 1 N–H and O–H groups in total. The molecule has 0 radical (unpaired) electrons. The van der Waals surface area contributed by atoms with Gasteiger partial charge in [0.1, 0.15) is 0 Å². The van der Waals surface area contributed by atoms with Crippen molar-refractivity contribution in [1.82, 2.24) is 10.2 Å². The Morgan fingerprint density at radius 1 is 1.43 bits per heavy atom. The molecule has 2 nitrogen and oxygen atoms in total. The maximum atomic E-state index is 3.48. The molecular weight excluding hydrogens is 172 g/mol. The molecule has 1 saturated heterocycles. The quantitative estimate of drug-likeness (QED) is 0.743. The third-order valence-corrected chi connectivity index (χ3v) is 2.92. The molecule has 1 aliphatic heterocycles. The predicted octanol–water partition coefficient (Wildman–Crippen LogP) is 1.96. The molecule has 0 spiro atoms. The van der Waals surface area contributed by atoms with Crippen LogP contribution in [0.1, 0.15) is 33.6 Å². The molecular formula is C12H26N2. The van der Waals surface area contributed by atoms with Crippen molar-refractivity contribution in [3.8, 4) is 0 Å². The van der Waals surface area contributed by atoms with E-state index >= 15 is 0 Å². The molecule has 0 aliphatic carbocycles. The van der Waals surface area contributed by atoms with Crippen LogP contribution in [0.5, 0.6) is 0 Å². The van der Waals surface area contributed by atoms with Crippen LogP contribution in [0.2, 0.25) is 0 Å². The maximum absolute atomic E-state index is 3.48. The summed E-state index contributed by atoms with van der Waals surface area (Å²) in [6.07, 6.45) is 2.74. The molecule has 0 aromatic heterocycles. The Hall–Kier alpha value is -0.0800. The molecule has 14 heavy (non-hydrogen) atoms. The Kier molecular flexibility index (Phi) is 5.49. The number of hydrogen-bond acceptors (Lipinski definition) is 2. The zero-order valence-electron chi connectivity index (χ0n) is 10.1. The SMILES string of the molecule is CC(C)CCCN1CCNCC(C)C1. The minimum Gasteiger partial charge on any atom is -0.315 e. The van der Waals surface area contributed by atoms with Crippen molar-refractivity contribution in [2.45, 2.75) is 33.6 Å². The lowest BCUT2D eigenvalue weighted by Crippen LogP contribution is -2.30. The maximum Gasteiger partial charge on any atom is 0.0107 e. The highest BCUT2D eigenvalue weighted by Gasteiger charge is 2.13. The van der Waals surface area contributed by atoms with E-state index in [0.717, 1.165) is 11.8 Å². The average Bonchev–Trinajstić information content (AvgIpc) is 2.29. The van der Waals surface area contributed by atoms with E-state index in [1.807, 2.05) is 0 Å².